The quantitative estimate of drug-likeness (QED) is 0.0121. The normalized spacial score (nSPS) is 14.1. The van der Waals surface area contributed by atoms with Gasteiger partial charge < -0.3 is 9.97 Å². The van der Waals surface area contributed by atoms with E-state index in [9.17, 15) is 9.59 Å². The molecule has 750 valence electrons. The summed E-state index contributed by atoms with van der Waals surface area (Å²) in [5, 5.41) is 0. The molecule has 0 aliphatic carbocycles. The van der Waals surface area contributed by atoms with Gasteiger partial charge in [0.2, 0.25) is 0 Å². The molecule has 0 N–H and O–H groups in total. The molecule has 0 saturated carbocycles. The van der Waals surface area contributed by atoms with Gasteiger partial charge in [0.25, 0.3) is 11.8 Å². The number of rotatable bonds is 62. The van der Waals surface area contributed by atoms with Gasteiger partial charge in [-0.1, -0.05) is 408 Å². The Hall–Kier alpha value is -6.16. The molecule has 13 heterocycles. The summed E-state index contributed by atoms with van der Waals surface area (Å²) in [6, 6.07) is 28.2. The van der Waals surface area contributed by atoms with Crippen molar-refractivity contribution >= 4 is 195 Å². The van der Waals surface area contributed by atoms with Crippen molar-refractivity contribution in [1.82, 2.24) is 29.7 Å². The number of aryl methyl sites for hydroxylation is 4. The maximum Gasteiger partial charge on any atom is 2.00 e. The summed E-state index contributed by atoms with van der Waals surface area (Å²) < 4.78 is 1.28. The third-order valence-corrected chi connectivity index (χ3v) is 38.3. The zero-order valence-electron chi connectivity index (χ0n) is 87.0. The summed E-state index contributed by atoms with van der Waals surface area (Å²) in [6.45, 7) is 23.6. The third-order valence-electron chi connectivity index (χ3n) is 28.3. The summed E-state index contributed by atoms with van der Waals surface area (Å²) in [7, 11) is 0. The van der Waals surface area contributed by atoms with Crippen LogP contribution in [0.5, 0.6) is 0 Å². The van der Waals surface area contributed by atoms with Gasteiger partial charge in [-0.15, -0.1) is 90.1 Å². The Morgan fingerprint density at radius 2 is 0.589 bits per heavy atom. The van der Waals surface area contributed by atoms with Crippen LogP contribution in [0.1, 0.15) is 476 Å². The maximum atomic E-state index is 13.6. The summed E-state index contributed by atoms with van der Waals surface area (Å²) in [5.41, 5.74) is 17.0. The van der Waals surface area contributed by atoms with Crippen molar-refractivity contribution in [2.24, 2.45) is 0 Å². The summed E-state index contributed by atoms with van der Waals surface area (Å²) >= 11 is 25.4. The van der Waals surface area contributed by atoms with Crippen LogP contribution in [-0.2, 0) is 54.8 Å². The zero-order chi connectivity index (χ0) is 98.2. The minimum absolute atomic E-state index is 0. The van der Waals surface area contributed by atoms with Gasteiger partial charge >= 0.3 is 19.5 Å². The molecule has 0 aromatic carbocycles. The molecule has 8 nitrogen and oxygen atoms in total. The predicted octanol–water partition coefficient (Wildman–Crippen LogP) is 39.4. The zero-order valence-corrected chi connectivity index (χ0v) is 98.2. The Bertz CT molecular complexity index is 5600. The first kappa shape index (κ1) is 114. The summed E-state index contributed by atoms with van der Waals surface area (Å²) in [6.07, 6.45) is 75.7. The molecule has 141 heavy (non-hydrogen) atoms. The molecule has 9 aromatic heterocycles. The second-order valence-electron chi connectivity index (χ2n) is 39.3. The minimum atomic E-state index is 0. The molecule has 2 amide bonds. The van der Waals surface area contributed by atoms with Crippen LogP contribution in [0.25, 0.3) is 97.5 Å². The van der Waals surface area contributed by atoms with Gasteiger partial charge in [0.15, 0.2) is 0 Å². The molecule has 4 aliphatic rings. The molecular formula is C122H158N6O2S10Zn. The Kier molecular flexibility index (Phi) is 49.6. The van der Waals surface area contributed by atoms with E-state index in [-0.39, 0.29) is 43.1 Å². The first-order valence-electron chi connectivity index (χ1n) is 55.0. The van der Waals surface area contributed by atoms with Crippen LogP contribution in [0.15, 0.2) is 82.6 Å². The topological polar surface area (TPSA) is 94.6 Å². The van der Waals surface area contributed by atoms with Crippen LogP contribution in [0.4, 0.5) is 0 Å². The molecule has 2 atom stereocenters. The molecule has 2 unspecified atom stereocenters. The van der Waals surface area contributed by atoms with Gasteiger partial charge in [-0.25, -0.2) is 9.97 Å². The van der Waals surface area contributed by atoms with E-state index >= 15 is 0 Å². The maximum absolute atomic E-state index is 13.6. The van der Waals surface area contributed by atoms with Gasteiger partial charge in [-0.2, -0.15) is 0 Å². The number of unbranched alkanes of at least 4 members (excludes halogenated alkanes) is 36. The number of thiocarbonyl (C=S) groups is 2. The van der Waals surface area contributed by atoms with Crippen molar-refractivity contribution in [3.8, 4) is 62.7 Å². The van der Waals surface area contributed by atoms with Gasteiger partial charge in [0, 0.05) is 73.0 Å². The molecule has 0 spiro atoms. The fourth-order valence-corrected chi connectivity index (χ4v) is 30.2. The van der Waals surface area contributed by atoms with Crippen LogP contribution < -0.4 is 9.97 Å². The van der Waals surface area contributed by atoms with E-state index in [2.05, 4.69) is 188 Å². The third kappa shape index (κ3) is 32.9. The van der Waals surface area contributed by atoms with E-state index in [0.717, 1.165) is 178 Å². The molecule has 2 saturated heterocycles. The first-order valence-corrected chi connectivity index (χ1v) is 62.4. The van der Waals surface area contributed by atoms with Gasteiger partial charge in [0.05, 0.1) is 42.3 Å². The fourth-order valence-electron chi connectivity index (χ4n) is 20.3. The Labute approximate surface area is 905 Å². The standard InChI is InChI=1S/C122H159N6O2S10.Zn/c1-11-21-29-37-41-43-47-55-59-87(57-53-45-39-31-23-13-3)113-103-73-69-99(123-103)97(67-65-93-81-89(61-49-33-25-15-5)115(133-93)107-77-79-109(137-107)117-91(63-51-35-27-17-7)83-95(135-117)85-111-119(129)127(19-9)121(131)139-111)101-71-75-105(125-101)114(88(58-54-46-40-32-24-14-4)60-56-48-44-42-38-30-22-12-2)106-76-72-102(126-106)98(100-70-74-104(113)124-100)68-66-94-82-90(62-50-34-26-16-6)116(134-94)108-78-80-110(138-108)118-92(64-52-36-28-18-8)84-96(136-118)86-112-120(130)128(20-10)122(132)140-112;/h69-88H,11-64H2,1-10H3,(H-,123,124,125,126,129,130);/q-1;+2/p-1. The molecule has 8 bridgehead atoms. The molecule has 13 rings (SSSR count). The molecule has 4 aliphatic heterocycles. The van der Waals surface area contributed by atoms with Crippen LogP contribution in [0.2, 0.25) is 0 Å². The van der Waals surface area contributed by atoms with E-state index in [1.54, 1.807) is 9.80 Å². The van der Waals surface area contributed by atoms with Gasteiger partial charge in [-0.05, 0) is 221 Å². The molecule has 2 fully saturated rings. The Morgan fingerprint density at radius 1 is 0.319 bits per heavy atom. The number of aromatic nitrogens is 4. The molecule has 19 heteroatoms. The number of nitrogens with zero attached hydrogens (tertiary/aromatic N) is 6. The second-order valence-corrected chi connectivity index (χ2v) is 49.1. The number of thiophene rings is 6. The first-order chi connectivity index (χ1) is 68.7. The van der Waals surface area contributed by atoms with Crippen molar-refractivity contribution in [2.45, 2.75) is 415 Å². The number of carbonyl (C=O) groups is 2. The van der Waals surface area contributed by atoms with Gasteiger partial charge in [0.1, 0.15) is 8.64 Å². The van der Waals surface area contributed by atoms with E-state index in [1.807, 2.05) is 81.9 Å². The van der Waals surface area contributed by atoms with E-state index in [0.29, 0.717) is 31.5 Å². The second kappa shape index (κ2) is 61.6. The van der Waals surface area contributed by atoms with Crippen LogP contribution in [0.3, 0.4) is 0 Å². The number of amides is 2. The molecule has 0 radical (unpaired) electrons. The summed E-state index contributed by atoms with van der Waals surface area (Å²) in [5.74, 6) is 16.3. The van der Waals surface area contributed by atoms with E-state index < -0.39 is 0 Å². The molecule has 9 aromatic rings. The van der Waals surface area contributed by atoms with Crippen molar-refractivity contribution in [2.75, 3.05) is 13.1 Å². The Balaban J connectivity index is 0.0000178. The predicted molar refractivity (Wildman–Crippen MR) is 629 cm³/mol. The van der Waals surface area contributed by atoms with Crippen LogP contribution in [-0.4, -0.2) is 53.3 Å². The minimum Gasteiger partial charge on any atom is -0.656 e. The number of hydrogen-bond acceptors (Lipinski definition) is 14. The summed E-state index contributed by atoms with van der Waals surface area (Å²) in [4.78, 5) is 70.8. The number of hydrogen-bond donors (Lipinski definition) is 0. The smallest absolute Gasteiger partial charge is 0.656 e. The van der Waals surface area contributed by atoms with E-state index in [1.165, 1.54) is 327 Å². The van der Waals surface area contributed by atoms with Crippen LogP contribution >= 0.6 is 116 Å². The van der Waals surface area contributed by atoms with Gasteiger partial charge in [-0.3, -0.25) is 19.4 Å². The average molecular weight is 2130 g/mol. The number of fused-ring (bicyclic) bond motifs is 8. The largest absolute Gasteiger partial charge is 2.00 e. The van der Waals surface area contributed by atoms with Crippen molar-refractivity contribution in [1.29, 1.82) is 0 Å². The monoisotopic (exact) mass is 2120 g/mol. The van der Waals surface area contributed by atoms with Crippen molar-refractivity contribution in [3.63, 3.8) is 0 Å². The van der Waals surface area contributed by atoms with Crippen molar-refractivity contribution < 1.29 is 29.1 Å². The van der Waals surface area contributed by atoms with Crippen molar-refractivity contribution in [3.05, 3.63) is 169 Å². The van der Waals surface area contributed by atoms with Crippen LogP contribution in [0, 0.1) is 23.7 Å². The molecular weight excluding hydrogens is 1970 g/mol. The SMILES string of the molecule is CCCCCCCCCCC(CCCCCCCC)c1c2nc(c(C#Cc3cc(CCCCCC)c(-c4ccc(-c5sc(/C=C6\SC(=S)N(CC)C6=O)cc5CCCCCC)s4)s3)c3ccc([n-]3)c(C(CCCCCCCC)CCCCCCCCCC)c3nc(c(C#Cc4cc(CCCCCC)c(-c5ccc(-c6sc(/C=C7\SC(=S)N(CC)C7=O)cc6CCCCCC)s5)s4)c4ccc1[n-]4)C=C3)C=C2.[Zn+2]. The number of thioether (sulfide) groups is 2. The number of likely N-dealkylation sites (N-methyl/N-ethyl adjacent to an activating group) is 2. The van der Waals surface area contributed by atoms with E-state index in [4.69, 9.17) is 44.4 Å². The average Bonchev–Trinajstić information content (AvgIpc) is 1.62. The number of carbonyl (C=O) groups excluding carboxylic acids is 2. The fraction of sp³-hybridized carbons (Fsp3) is 0.541. The Morgan fingerprint density at radius 3 is 0.887 bits per heavy atom.